The van der Waals surface area contributed by atoms with Crippen molar-refractivity contribution < 1.29 is 4.74 Å². The molecule has 0 amide bonds. The van der Waals surface area contributed by atoms with Crippen molar-refractivity contribution >= 4 is 17.2 Å². The SMILES string of the molecule is NC(=S)c1cccc(COC2CCCC2)c1. The molecular weight excluding hydrogens is 218 g/mol. The fourth-order valence-electron chi connectivity index (χ4n) is 2.08. The third-order valence-electron chi connectivity index (χ3n) is 3.00. The molecule has 1 aromatic rings. The molecule has 0 bridgehead atoms. The Bertz CT molecular complexity index is 372. The van der Waals surface area contributed by atoms with Crippen LogP contribution in [0.3, 0.4) is 0 Å². The fourth-order valence-corrected chi connectivity index (χ4v) is 2.21. The van der Waals surface area contributed by atoms with Gasteiger partial charge in [-0.2, -0.15) is 0 Å². The number of benzene rings is 1. The summed E-state index contributed by atoms with van der Waals surface area (Å²) in [7, 11) is 0. The number of nitrogens with two attached hydrogens (primary N) is 1. The Balaban J connectivity index is 1.93. The monoisotopic (exact) mass is 235 g/mol. The lowest BCUT2D eigenvalue weighted by molar-refractivity contribution is 0.0457. The van der Waals surface area contributed by atoms with E-state index < -0.39 is 0 Å². The fraction of sp³-hybridized carbons (Fsp3) is 0.462. The zero-order valence-electron chi connectivity index (χ0n) is 9.32. The summed E-state index contributed by atoms with van der Waals surface area (Å²) >= 11 is 4.95. The second kappa shape index (κ2) is 5.41. The molecule has 0 atom stereocenters. The highest BCUT2D eigenvalue weighted by Crippen LogP contribution is 2.22. The zero-order chi connectivity index (χ0) is 11.4. The first kappa shape index (κ1) is 11.6. The van der Waals surface area contributed by atoms with E-state index in [1.54, 1.807) is 0 Å². The molecule has 0 aliphatic heterocycles. The third-order valence-corrected chi connectivity index (χ3v) is 3.24. The van der Waals surface area contributed by atoms with Gasteiger partial charge in [-0.25, -0.2) is 0 Å². The zero-order valence-corrected chi connectivity index (χ0v) is 10.1. The van der Waals surface area contributed by atoms with Gasteiger partial charge in [0.15, 0.2) is 0 Å². The van der Waals surface area contributed by atoms with Gasteiger partial charge in [-0.1, -0.05) is 43.3 Å². The van der Waals surface area contributed by atoms with Crippen molar-refractivity contribution in [2.75, 3.05) is 0 Å². The Hall–Kier alpha value is -0.930. The van der Waals surface area contributed by atoms with Gasteiger partial charge in [0.1, 0.15) is 4.99 Å². The Kier molecular flexibility index (Phi) is 3.91. The van der Waals surface area contributed by atoms with Gasteiger partial charge in [0, 0.05) is 5.56 Å². The van der Waals surface area contributed by atoms with Gasteiger partial charge in [-0.05, 0) is 24.5 Å². The minimum atomic E-state index is 0.447. The molecule has 0 radical (unpaired) electrons. The van der Waals surface area contributed by atoms with E-state index in [0.29, 0.717) is 17.7 Å². The van der Waals surface area contributed by atoms with Gasteiger partial charge < -0.3 is 10.5 Å². The number of hydrogen-bond donors (Lipinski definition) is 1. The van der Waals surface area contributed by atoms with E-state index in [2.05, 4.69) is 6.07 Å². The topological polar surface area (TPSA) is 35.2 Å². The maximum absolute atomic E-state index is 5.84. The summed E-state index contributed by atoms with van der Waals surface area (Å²) in [6.07, 6.45) is 5.47. The summed E-state index contributed by atoms with van der Waals surface area (Å²) in [5.74, 6) is 0. The smallest absolute Gasteiger partial charge is 0.103 e. The van der Waals surface area contributed by atoms with Crippen LogP contribution in [0.4, 0.5) is 0 Å². The van der Waals surface area contributed by atoms with E-state index >= 15 is 0 Å². The van der Waals surface area contributed by atoms with Crippen LogP contribution in [0, 0.1) is 0 Å². The normalized spacial score (nSPS) is 16.5. The van der Waals surface area contributed by atoms with E-state index in [9.17, 15) is 0 Å². The van der Waals surface area contributed by atoms with E-state index in [1.807, 2.05) is 18.2 Å². The molecule has 0 heterocycles. The summed E-state index contributed by atoms with van der Waals surface area (Å²) in [6.45, 7) is 0.668. The van der Waals surface area contributed by atoms with Crippen molar-refractivity contribution in [3.8, 4) is 0 Å². The van der Waals surface area contributed by atoms with E-state index in [1.165, 1.54) is 25.7 Å². The number of ether oxygens (including phenoxy) is 1. The first-order chi connectivity index (χ1) is 7.75. The highest BCUT2D eigenvalue weighted by molar-refractivity contribution is 7.80. The molecule has 1 fully saturated rings. The third kappa shape index (κ3) is 3.03. The molecule has 2 nitrogen and oxygen atoms in total. The van der Waals surface area contributed by atoms with Crippen LogP contribution in [0.5, 0.6) is 0 Å². The van der Waals surface area contributed by atoms with E-state index in [4.69, 9.17) is 22.7 Å². The van der Waals surface area contributed by atoms with Crippen molar-refractivity contribution in [3.05, 3.63) is 35.4 Å². The maximum atomic E-state index is 5.84. The molecule has 16 heavy (non-hydrogen) atoms. The Morgan fingerprint density at radius 2 is 2.12 bits per heavy atom. The van der Waals surface area contributed by atoms with Crippen LogP contribution in [-0.2, 0) is 11.3 Å². The summed E-state index contributed by atoms with van der Waals surface area (Å²) < 4.78 is 5.84. The molecule has 0 unspecified atom stereocenters. The second-order valence-corrected chi connectivity index (χ2v) is 4.72. The molecule has 1 aliphatic carbocycles. The molecule has 2 rings (SSSR count). The van der Waals surface area contributed by atoms with Crippen molar-refractivity contribution in [3.63, 3.8) is 0 Å². The molecule has 1 aromatic carbocycles. The van der Waals surface area contributed by atoms with Crippen LogP contribution < -0.4 is 5.73 Å². The van der Waals surface area contributed by atoms with Crippen molar-refractivity contribution in [2.45, 2.75) is 38.4 Å². The van der Waals surface area contributed by atoms with E-state index in [-0.39, 0.29) is 0 Å². The molecule has 3 heteroatoms. The van der Waals surface area contributed by atoms with E-state index in [0.717, 1.165) is 11.1 Å². The minimum absolute atomic E-state index is 0.447. The van der Waals surface area contributed by atoms with Gasteiger partial charge in [0.2, 0.25) is 0 Å². The first-order valence-corrected chi connectivity index (χ1v) is 6.17. The van der Waals surface area contributed by atoms with Gasteiger partial charge in [-0.3, -0.25) is 0 Å². The van der Waals surface area contributed by atoms with Crippen LogP contribution >= 0.6 is 12.2 Å². The number of hydrogen-bond acceptors (Lipinski definition) is 2. The second-order valence-electron chi connectivity index (χ2n) is 4.28. The van der Waals surface area contributed by atoms with Gasteiger partial charge in [-0.15, -0.1) is 0 Å². The number of thiocarbonyl (C=S) groups is 1. The maximum Gasteiger partial charge on any atom is 0.103 e. The van der Waals surface area contributed by atoms with Gasteiger partial charge in [0.05, 0.1) is 12.7 Å². The van der Waals surface area contributed by atoms with Crippen LogP contribution in [0.2, 0.25) is 0 Å². The lowest BCUT2D eigenvalue weighted by Gasteiger charge is -2.11. The summed E-state index contributed by atoms with van der Waals surface area (Å²) in [4.78, 5) is 0.447. The van der Waals surface area contributed by atoms with Crippen LogP contribution in [-0.4, -0.2) is 11.1 Å². The average Bonchev–Trinajstić information content (AvgIpc) is 2.79. The lowest BCUT2D eigenvalue weighted by Crippen LogP contribution is -2.11. The van der Waals surface area contributed by atoms with Crippen molar-refractivity contribution in [1.29, 1.82) is 0 Å². The quantitative estimate of drug-likeness (QED) is 0.815. The van der Waals surface area contributed by atoms with Crippen molar-refractivity contribution in [2.24, 2.45) is 5.73 Å². The molecule has 0 saturated heterocycles. The van der Waals surface area contributed by atoms with Crippen LogP contribution in [0.1, 0.15) is 36.8 Å². The highest BCUT2D eigenvalue weighted by Gasteiger charge is 2.15. The average molecular weight is 235 g/mol. The predicted molar refractivity (Wildman–Crippen MR) is 69.4 cm³/mol. The molecule has 0 spiro atoms. The Morgan fingerprint density at radius 1 is 1.38 bits per heavy atom. The first-order valence-electron chi connectivity index (χ1n) is 5.76. The van der Waals surface area contributed by atoms with Crippen LogP contribution in [0.25, 0.3) is 0 Å². The standard InChI is InChI=1S/C13H17NOS/c14-13(16)11-5-3-4-10(8-11)9-15-12-6-1-2-7-12/h3-5,8,12H,1-2,6-7,9H2,(H2,14,16). The predicted octanol–water partition coefficient (Wildman–Crippen LogP) is 2.78. The molecule has 86 valence electrons. The Morgan fingerprint density at radius 3 is 2.81 bits per heavy atom. The van der Waals surface area contributed by atoms with Gasteiger partial charge in [0.25, 0.3) is 0 Å². The molecule has 0 aromatic heterocycles. The number of rotatable bonds is 4. The molecule has 1 aliphatic rings. The molecular formula is C13H17NOS. The summed E-state index contributed by atoms with van der Waals surface area (Å²) in [5, 5.41) is 0. The van der Waals surface area contributed by atoms with Crippen LogP contribution in [0.15, 0.2) is 24.3 Å². The highest BCUT2D eigenvalue weighted by atomic mass is 32.1. The summed E-state index contributed by atoms with van der Waals surface area (Å²) in [5.41, 5.74) is 7.66. The minimum Gasteiger partial charge on any atom is -0.389 e. The largest absolute Gasteiger partial charge is 0.389 e. The lowest BCUT2D eigenvalue weighted by atomic mass is 10.1. The molecule has 2 N–H and O–H groups in total. The van der Waals surface area contributed by atoms with Gasteiger partial charge >= 0.3 is 0 Å². The molecule has 1 saturated carbocycles. The van der Waals surface area contributed by atoms with Crippen molar-refractivity contribution in [1.82, 2.24) is 0 Å². The Labute approximate surface area is 102 Å². The summed E-state index contributed by atoms with van der Waals surface area (Å²) in [6, 6.07) is 7.97.